The van der Waals surface area contributed by atoms with Gasteiger partial charge in [0.15, 0.2) is 0 Å². The van der Waals surface area contributed by atoms with E-state index in [1.807, 2.05) is 12.1 Å². The van der Waals surface area contributed by atoms with Crippen LogP contribution < -0.4 is 0 Å². The van der Waals surface area contributed by atoms with E-state index in [9.17, 15) is 9.70 Å². The van der Waals surface area contributed by atoms with E-state index >= 15 is 0 Å². The molecule has 0 saturated carbocycles. The summed E-state index contributed by atoms with van der Waals surface area (Å²) in [7, 11) is 0. The van der Waals surface area contributed by atoms with E-state index in [-0.39, 0.29) is 5.91 Å². The van der Waals surface area contributed by atoms with Gasteiger partial charge in [-0.3, -0.25) is 4.79 Å². The minimum absolute atomic E-state index is 0.329. The zero-order valence-electron chi connectivity index (χ0n) is 9.01. The molecule has 90 valence electrons. The van der Waals surface area contributed by atoms with E-state index in [1.165, 1.54) is 0 Å². The molecule has 0 bridgehead atoms. The summed E-state index contributed by atoms with van der Waals surface area (Å²) in [6.07, 6.45) is -1.20. The average Bonchev–Trinajstić information content (AvgIpc) is 2.35. The van der Waals surface area contributed by atoms with Crippen LogP contribution in [0.3, 0.4) is 0 Å². The summed E-state index contributed by atoms with van der Waals surface area (Å²) < 4.78 is 4.93. The zero-order chi connectivity index (χ0) is 12.3. The highest BCUT2D eigenvalue weighted by Crippen LogP contribution is 2.15. The van der Waals surface area contributed by atoms with Gasteiger partial charge in [-0.25, -0.2) is 0 Å². The fourth-order valence-electron chi connectivity index (χ4n) is 1.65. The molecule has 1 aromatic carbocycles. The average molecular weight is 255 g/mol. The number of amides is 1. The van der Waals surface area contributed by atoms with E-state index in [2.05, 4.69) is 5.18 Å². The Morgan fingerprint density at radius 3 is 2.76 bits per heavy atom. The highest BCUT2D eigenvalue weighted by Gasteiger charge is 2.30. The molecule has 1 fully saturated rings. The van der Waals surface area contributed by atoms with Crippen molar-refractivity contribution in [3.8, 4) is 0 Å². The third-order valence-electron chi connectivity index (χ3n) is 2.54. The number of hydrogen-bond acceptors (Lipinski definition) is 4. The molecule has 1 amide bonds. The molecule has 1 aliphatic heterocycles. The molecule has 1 saturated heterocycles. The van der Waals surface area contributed by atoms with Crippen LogP contribution in [-0.2, 0) is 16.1 Å². The van der Waals surface area contributed by atoms with Crippen LogP contribution in [0.4, 0.5) is 0 Å². The minimum atomic E-state index is -1.20. The van der Waals surface area contributed by atoms with Crippen LogP contribution in [0.5, 0.6) is 0 Å². The maximum Gasteiger partial charge on any atom is 0.278 e. The minimum Gasteiger partial charge on any atom is -0.344 e. The van der Waals surface area contributed by atoms with E-state index in [1.54, 1.807) is 17.0 Å². The quantitative estimate of drug-likeness (QED) is 0.773. The Labute approximate surface area is 103 Å². The molecule has 5 nitrogen and oxygen atoms in total. The summed E-state index contributed by atoms with van der Waals surface area (Å²) in [6.45, 7) is 1.23. The van der Waals surface area contributed by atoms with Crippen molar-refractivity contribution in [3.05, 3.63) is 39.8 Å². The maximum atomic E-state index is 11.7. The van der Waals surface area contributed by atoms with Gasteiger partial charge in [0.05, 0.1) is 6.61 Å². The van der Waals surface area contributed by atoms with Crippen molar-refractivity contribution in [1.29, 1.82) is 0 Å². The van der Waals surface area contributed by atoms with Crippen LogP contribution in [0.15, 0.2) is 29.4 Å². The fourth-order valence-corrected chi connectivity index (χ4v) is 1.78. The van der Waals surface area contributed by atoms with Crippen molar-refractivity contribution >= 4 is 17.5 Å². The molecule has 0 spiro atoms. The molecule has 0 aliphatic carbocycles. The van der Waals surface area contributed by atoms with Gasteiger partial charge in [-0.1, -0.05) is 23.7 Å². The Morgan fingerprint density at radius 2 is 2.12 bits per heavy atom. The molecule has 1 aromatic rings. The smallest absolute Gasteiger partial charge is 0.278 e. The van der Waals surface area contributed by atoms with Crippen LogP contribution in [0.1, 0.15) is 5.56 Å². The molecule has 1 heterocycles. The lowest BCUT2D eigenvalue weighted by Crippen LogP contribution is -2.46. The van der Waals surface area contributed by atoms with E-state index < -0.39 is 6.23 Å². The van der Waals surface area contributed by atoms with Gasteiger partial charge in [-0.15, -0.1) is 4.91 Å². The normalized spacial score (nSPS) is 20.4. The first-order valence-corrected chi connectivity index (χ1v) is 5.56. The monoisotopic (exact) mass is 254 g/mol. The van der Waals surface area contributed by atoms with Gasteiger partial charge in [0.1, 0.15) is 0 Å². The molecular formula is C11H11ClN2O3. The zero-order valence-corrected chi connectivity index (χ0v) is 9.76. The Morgan fingerprint density at radius 1 is 1.41 bits per heavy atom. The summed E-state index contributed by atoms with van der Waals surface area (Å²) >= 11 is 5.77. The van der Waals surface area contributed by atoms with Gasteiger partial charge in [-0.05, 0) is 22.9 Å². The standard InChI is InChI=1S/C11H11ClN2O3/c12-9-3-1-8(2-4-9)7-14-5-6-17-10(13-16)11(14)15/h1-4,10H,5-7H2. The molecule has 0 radical (unpaired) electrons. The van der Waals surface area contributed by atoms with Crippen LogP contribution in [0.2, 0.25) is 5.02 Å². The van der Waals surface area contributed by atoms with Gasteiger partial charge < -0.3 is 9.64 Å². The summed E-state index contributed by atoms with van der Waals surface area (Å²) in [5, 5.41) is 3.30. The Bertz CT molecular complexity index is 421. The van der Waals surface area contributed by atoms with Crippen molar-refractivity contribution in [3.63, 3.8) is 0 Å². The van der Waals surface area contributed by atoms with Crippen LogP contribution in [-0.4, -0.2) is 30.2 Å². The molecule has 0 aromatic heterocycles. The largest absolute Gasteiger partial charge is 0.344 e. The number of ether oxygens (including phenoxy) is 1. The summed E-state index contributed by atoms with van der Waals surface area (Å²) in [4.78, 5) is 23.6. The van der Waals surface area contributed by atoms with Crippen LogP contribution in [0.25, 0.3) is 0 Å². The number of morpholine rings is 1. The van der Waals surface area contributed by atoms with E-state index in [0.29, 0.717) is 24.7 Å². The molecule has 0 N–H and O–H groups in total. The number of carbonyl (C=O) groups excluding carboxylic acids is 1. The second-order valence-corrected chi connectivity index (χ2v) is 4.15. The molecule has 1 aliphatic rings. The second kappa shape index (κ2) is 5.25. The first kappa shape index (κ1) is 12.0. The van der Waals surface area contributed by atoms with Gasteiger partial charge >= 0.3 is 0 Å². The lowest BCUT2D eigenvalue weighted by molar-refractivity contribution is -0.152. The van der Waals surface area contributed by atoms with E-state index in [4.69, 9.17) is 16.3 Å². The maximum absolute atomic E-state index is 11.7. The van der Waals surface area contributed by atoms with Crippen LogP contribution >= 0.6 is 11.6 Å². The first-order valence-electron chi connectivity index (χ1n) is 5.18. The highest BCUT2D eigenvalue weighted by atomic mass is 35.5. The number of carbonyl (C=O) groups is 1. The Hall–Kier alpha value is -1.46. The SMILES string of the molecule is O=NC1OCCN(Cc2ccc(Cl)cc2)C1=O. The number of rotatable bonds is 3. The molecule has 6 heteroatoms. The topological polar surface area (TPSA) is 59.0 Å². The van der Waals surface area contributed by atoms with Crippen molar-refractivity contribution in [2.75, 3.05) is 13.2 Å². The molecular weight excluding hydrogens is 244 g/mol. The third-order valence-corrected chi connectivity index (χ3v) is 2.79. The number of benzene rings is 1. The van der Waals surface area contributed by atoms with Gasteiger partial charge in [0.25, 0.3) is 12.1 Å². The highest BCUT2D eigenvalue weighted by molar-refractivity contribution is 6.30. The lowest BCUT2D eigenvalue weighted by Gasteiger charge is -2.29. The third kappa shape index (κ3) is 2.81. The predicted octanol–water partition coefficient (Wildman–Crippen LogP) is 1.79. The summed E-state index contributed by atoms with van der Waals surface area (Å²) in [5.74, 6) is -0.388. The molecule has 1 unspecified atom stereocenters. The molecule has 17 heavy (non-hydrogen) atoms. The van der Waals surface area contributed by atoms with Gasteiger partial charge in [-0.2, -0.15) is 0 Å². The summed E-state index contributed by atoms with van der Waals surface area (Å²) in [5.41, 5.74) is 0.953. The fraction of sp³-hybridized carbons (Fsp3) is 0.364. The van der Waals surface area contributed by atoms with Crippen molar-refractivity contribution in [1.82, 2.24) is 4.90 Å². The number of nitroso groups, excluding NO2 is 1. The van der Waals surface area contributed by atoms with Crippen molar-refractivity contribution < 1.29 is 9.53 Å². The second-order valence-electron chi connectivity index (χ2n) is 3.71. The predicted molar refractivity (Wildman–Crippen MR) is 62.4 cm³/mol. The van der Waals surface area contributed by atoms with E-state index in [0.717, 1.165) is 5.56 Å². The molecule has 1 atom stereocenters. The van der Waals surface area contributed by atoms with Crippen molar-refractivity contribution in [2.24, 2.45) is 5.18 Å². The number of nitrogens with zero attached hydrogens (tertiary/aromatic N) is 2. The Kier molecular flexibility index (Phi) is 3.71. The summed E-state index contributed by atoms with van der Waals surface area (Å²) in [6, 6.07) is 7.21. The first-order chi connectivity index (χ1) is 8.20. The van der Waals surface area contributed by atoms with Gasteiger partial charge in [0, 0.05) is 18.1 Å². The van der Waals surface area contributed by atoms with Gasteiger partial charge in [0.2, 0.25) is 0 Å². The number of hydrogen-bond donors (Lipinski definition) is 0. The lowest BCUT2D eigenvalue weighted by atomic mass is 10.2. The van der Waals surface area contributed by atoms with Crippen molar-refractivity contribution in [2.45, 2.75) is 12.8 Å². The molecule has 2 rings (SSSR count). The number of halogens is 1. The Balaban J connectivity index is 2.05. The van der Waals surface area contributed by atoms with Crippen LogP contribution in [0, 0.1) is 4.91 Å².